The molecule has 0 radical (unpaired) electrons. The fourth-order valence-corrected chi connectivity index (χ4v) is 2.26. The van der Waals surface area contributed by atoms with E-state index in [0.29, 0.717) is 0 Å². The molecule has 0 bridgehead atoms. The van der Waals surface area contributed by atoms with Crippen molar-refractivity contribution in [2.75, 3.05) is 13.3 Å². The highest BCUT2D eigenvalue weighted by atomic mass is 32.1. The molecular weight excluding hydrogens is 301 g/mol. The Bertz CT molecular complexity index is 623. The molecule has 1 aliphatic rings. The summed E-state index contributed by atoms with van der Waals surface area (Å²) < 4.78 is 46.5. The average molecular weight is 312 g/mol. The fourth-order valence-electron chi connectivity index (χ4n) is 2.00. The maximum Gasteiger partial charge on any atom is 0.264 e. The van der Waals surface area contributed by atoms with Gasteiger partial charge in [-0.1, -0.05) is 0 Å². The molecule has 1 aliphatic heterocycles. The predicted molar refractivity (Wildman–Crippen MR) is 62.8 cm³/mol. The Morgan fingerprint density at radius 3 is 2.70 bits per heavy atom. The molecule has 0 amide bonds. The first-order chi connectivity index (χ1) is 9.28. The number of aliphatic hydroxyl groups excluding tert-OH is 2. The molecule has 20 heavy (non-hydrogen) atoms. The van der Waals surface area contributed by atoms with Crippen molar-refractivity contribution in [2.45, 2.75) is 23.9 Å². The van der Waals surface area contributed by atoms with Gasteiger partial charge >= 0.3 is 0 Å². The van der Waals surface area contributed by atoms with E-state index in [-0.39, 0.29) is 4.77 Å². The Balaban J connectivity index is 2.55. The Morgan fingerprint density at radius 2 is 2.20 bits per heavy atom. The first kappa shape index (κ1) is 15.2. The standard InChI is InChI=1S/C10H11F3N2O4S/c11-3-9(12)6(18)10(13,4-16)19-7(9)15-2-1-5(17)14-8(15)20/h1-2,6-7,16,18H,3-4H2,(H,14,17,20)/t6?,7-,9-,10-/m1/s1. The van der Waals surface area contributed by atoms with Crippen LogP contribution in [0.1, 0.15) is 6.23 Å². The molecule has 0 aliphatic carbocycles. The van der Waals surface area contributed by atoms with Gasteiger partial charge in [0.25, 0.3) is 11.4 Å². The molecular formula is C10H11F3N2O4S. The van der Waals surface area contributed by atoms with Crippen molar-refractivity contribution >= 4 is 12.2 Å². The second-order valence-electron chi connectivity index (χ2n) is 4.39. The van der Waals surface area contributed by atoms with Gasteiger partial charge in [-0.15, -0.1) is 0 Å². The van der Waals surface area contributed by atoms with Gasteiger partial charge in [0.15, 0.2) is 17.1 Å². The van der Waals surface area contributed by atoms with Crippen LogP contribution >= 0.6 is 12.2 Å². The molecule has 4 atom stereocenters. The lowest BCUT2D eigenvalue weighted by Gasteiger charge is -2.26. The van der Waals surface area contributed by atoms with Crippen molar-refractivity contribution in [1.29, 1.82) is 0 Å². The summed E-state index contributed by atoms with van der Waals surface area (Å²) in [6.07, 6.45) is -3.54. The summed E-state index contributed by atoms with van der Waals surface area (Å²) in [5.74, 6) is -3.17. The molecule has 0 aromatic carbocycles. The molecule has 0 saturated carbocycles. The van der Waals surface area contributed by atoms with E-state index in [1.165, 1.54) is 0 Å². The van der Waals surface area contributed by atoms with E-state index in [2.05, 4.69) is 9.72 Å². The minimum atomic E-state index is -3.17. The molecule has 112 valence electrons. The first-order valence-electron chi connectivity index (χ1n) is 5.50. The third kappa shape index (κ3) is 2.08. The minimum absolute atomic E-state index is 0.340. The Kier molecular flexibility index (Phi) is 3.75. The summed E-state index contributed by atoms with van der Waals surface area (Å²) in [6, 6.07) is 0.946. The summed E-state index contributed by atoms with van der Waals surface area (Å²) in [4.78, 5) is 13.2. The quantitative estimate of drug-likeness (QED) is 0.691. The van der Waals surface area contributed by atoms with Crippen LogP contribution in [0.5, 0.6) is 0 Å². The normalized spacial score (nSPS) is 37.2. The predicted octanol–water partition coefficient (Wildman–Crippen LogP) is 0.131. The molecule has 10 heteroatoms. The van der Waals surface area contributed by atoms with Crippen LogP contribution in [0.25, 0.3) is 0 Å². The lowest BCUT2D eigenvalue weighted by molar-refractivity contribution is -0.207. The number of halogens is 3. The second kappa shape index (κ2) is 4.95. The number of nitrogens with one attached hydrogen (secondary N) is 1. The number of alkyl halides is 3. The average Bonchev–Trinajstić information content (AvgIpc) is 2.62. The van der Waals surface area contributed by atoms with E-state index in [1.54, 1.807) is 0 Å². The van der Waals surface area contributed by atoms with Crippen LogP contribution in [0.3, 0.4) is 0 Å². The minimum Gasteiger partial charge on any atom is -0.390 e. The van der Waals surface area contributed by atoms with E-state index >= 15 is 0 Å². The number of hydrogen-bond donors (Lipinski definition) is 3. The van der Waals surface area contributed by atoms with Gasteiger partial charge in [0.05, 0.1) is 0 Å². The van der Waals surface area contributed by atoms with E-state index in [4.69, 9.17) is 17.3 Å². The summed E-state index contributed by atoms with van der Waals surface area (Å²) in [5, 5.41) is 18.4. The first-order valence-corrected chi connectivity index (χ1v) is 5.91. The van der Waals surface area contributed by atoms with Crippen molar-refractivity contribution in [3.05, 3.63) is 27.4 Å². The van der Waals surface area contributed by atoms with E-state index in [1.807, 2.05) is 0 Å². The topological polar surface area (TPSA) is 87.5 Å². The Morgan fingerprint density at radius 1 is 1.55 bits per heavy atom. The smallest absolute Gasteiger partial charge is 0.264 e. The van der Waals surface area contributed by atoms with Crippen molar-refractivity contribution in [1.82, 2.24) is 9.55 Å². The lowest BCUT2D eigenvalue weighted by atomic mass is 9.96. The van der Waals surface area contributed by atoms with Crippen molar-refractivity contribution in [3.63, 3.8) is 0 Å². The number of aromatic nitrogens is 2. The molecule has 6 nitrogen and oxygen atoms in total. The largest absolute Gasteiger partial charge is 0.390 e. The molecule has 0 spiro atoms. The number of hydrogen-bond acceptors (Lipinski definition) is 5. The second-order valence-corrected chi connectivity index (χ2v) is 4.78. The summed E-state index contributed by atoms with van der Waals surface area (Å²) in [6.45, 7) is -3.14. The van der Waals surface area contributed by atoms with Gasteiger partial charge in [-0.25, -0.2) is 13.2 Å². The maximum absolute atomic E-state index is 14.5. The van der Waals surface area contributed by atoms with Gasteiger partial charge in [-0.05, 0) is 12.2 Å². The number of rotatable bonds is 3. The van der Waals surface area contributed by atoms with Gasteiger partial charge in [-0.2, -0.15) is 0 Å². The van der Waals surface area contributed by atoms with Crippen LogP contribution in [-0.4, -0.2) is 50.7 Å². The van der Waals surface area contributed by atoms with Crippen molar-refractivity contribution < 1.29 is 28.1 Å². The van der Waals surface area contributed by atoms with Crippen LogP contribution in [0, 0.1) is 4.77 Å². The van der Waals surface area contributed by atoms with E-state index in [0.717, 1.165) is 16.8 Å². The van der Waals surface area contributed by atoms with Crippen LogP contribution in [0.4, 0.5) is 13.2 Å². The summed E-state index contributed by atoms with van der Waals surface area (Å²) in [5.41, 5.74) is -3.75. The third-order valence-corrected chi connectivity index (χ3v) is 3.42. The highest BCUT2D eigenvalue weighted by molar-refractivity contribution is 7.71. The number of aromatic amines is 1. The van der Waals surface area contributed by atoms with Crippen LogP contribution < -0.4 is 5.56 Å². The highest BCUT2D eigenvalue weighted by Crippen LogP contribution is 2.47. The number of nitrogens with zero attached hydrogens (tertiary/aromatic N) is 1. The fraction of sp³-hybridized carbons (Fsp3) is 0.600. The summed E-state index contributed by atoms with van der Waals surface area (Å²) >= 11 is 4.75. The zero-order valence-corrected chi connectivity index (χ0v) is 10.7. The van der Waals surface area contributed by atoms with E-state index in [9.17, 15) is 23.1 Å². The molecule has 3 N–H and O–H groups in total. The van der Waals surface area contributed by atoms with Crippen molar-refractivity contribution in [2.24, 2.45) is 0 Å². The SMILES string of the molecule is O=c1ccn([C@@H]2O[C@](F)(CO)C(O)[C@]2(F)CF)c(=S)[nH]1. The molecule has 2 heterocycles. The monoisotopic (exact) mass is 312 g/mol. The molecule has 2 rings (SSSR count). The van der Waals surface area contributed by atoms with Gasteiger partial charge < -0.3 is 14.9 Å². The van der Waals surface area contributed by atoms with Gasteiger partial charge in [0, 0.05) is 12.3 Å². The zero-order chi connectivity index (χ0) is 15.1. The molecule has 1 aromatic rings. The summed E-state index contributed by atoms with van der Waals surface area (Å²) in [7, 11) is 0. The van der Waals surface area contributed by atoms with Gasteiger partial charge in [0.2, 0.25) is 5.67 Å². The zero-order valence-electron chi connectivity index (χ0n) is 9.92. The number of ether oxygens (including phenoxy) is 1. The molecule has 1 unspecified atom stereocenters. The third-order valence-electron chi connectivity index (χ3n) is 3.11. The van der Waals surface area contributed by atoms with Crippen molar-refractivity contribution in [3.8, 4) is 0 Å². The van der Waals surface area contributed by atoms with Crippen LogP contribution in [0.15, 0.2) is 17.1 Å². The van der Waals surface area contributed by atoms with Gasteiger partial charge in [-0.3, -0.25) is 14.3 Å². The molecule has 1 aromatic heterocycles. The molecule has 1 saturated heterocycles. The van der Waals surface area contributed by atoms with Crippen LogP contribution in [0.2, 0.25) is 0 Å². The van der Waals surface area contributed by atoms with Gasteiger partial charge in [0.1, 0.15) is 13.3 Å². The Labute approximate surface area is 115 Å². The highest BCUT2D eigenvalue weighted by Gasteiger charge is 2.66. The van der Waals surface area contributed by atoms with Crippen LogP contribution in [-0.2, 0) is 4.74 Å². The lowest BCUT2D eigenvalue weighted by Crippen LogP contribution is -2.49. The number of H-pyrrole nitrogens is 1. The maximum atomic E-state index is 14.5. The number of aliphatic hydroxyl groups is 2. The molecule has 1 fully saturated rings. The Hall–Kier alpha value is -1.23. The van der Waals surface area contributed by atoms with E-state index < -0.39 is 42.7 Å².